The molecule has 0 aliphatic heterocycles. The van der Waals surface area contributed by atoms with Crippen LogP contribution < -0.4 is 0 Å². The van der Waals surface area contributed by atoms with Gasteiger partial charge in [-0.15, -0.1) is 0 Å². The molecule has 0 fully saturated rings. The number of allylic oxidation sites excluding steroid dienone is 4. The molecule has 0 aromatic heterocycles. The van der Waals surface area contributed by atoms with Gasteiger partial charge in [-0.3, -0.25) is 0 Å². The van der Waals surface area contributed by atoms with Gasteiger partial charge in [-0.25, -0.2) is 0 Å². The van der Waals surface area contributed by atoms with Gasteiger partial charge in [0.1, 0.15) is 0 Å². The second-order valence-corrected chi connectivity index (χ2v) is 8.21. The molecule has 0 saturated carbocycles. The molecular weight excluding hydrogens is 438 g/mol. The van der Waals surface area contributed by atoms with E-state index in [0.29, 0.717) is 12.8 Å². The van der Waals surface area contributed by atoms with E-state index in [1.165, 1.54) is 0 Å². The zero-order valence-corrected chi connectivity index (χ0v) is 18.4. The van der Waals surface area contributed by atoms with Gasteiger partial charge in [-0.1, -0.05) is 72.3 Å². The van der Waals surface area contributed by atoms with Crippen LogP contribution >= 0.6 is 0 Å². The number of hydrogen-bond donors (Lipinski definition) is 0. The molecule has 0 heterocycles. The molecule has 0 radical (unpaired) electrons. The molecule has 0 nitrogen and oxygen atoms in total. The first-order chi connectivity index (χ1) is 15.6. The molecule has 0 aliphatic carbocycles. The monoisotopic (exact) mass is 464 g/mol. The van der Waals surface area contributed by atoms with E-state index in [2.05, 4.69) is 6.07 Å². The van der Waals surface area contributed by atoms with E-state index in [4.69, 9.17) is 0 Å². The molecule has 33 heavy (non-hydrogen) atoms. The number of hydrogen-bond acceptors (Lipinski definition) is 0. The van der Waals surface area contributed by atoms with Crippen LogP contribution in [-0.2, 0) is 12.8 Å². The van der Waals surface area contributed by atoms with Gasteiger partial charge >= 0.3 is 12.4 Å². The van der Waals surface area contributed by atoms with Gasteiger partial charge in [0.15, 0.2) is 0 Å². The SMILES string of the molecule is Cc1ccc2c(C/C=C\CCC(F)(F)F)c3ccccc3c(C/C=C\CCC(F)(F)F)c2c1. The normalized spacial score (nSPS) is 13.2. The lowest BCUT2D eigenvalue weighted by Crippen LogP contribution is -2.05. The van der Waals surface area contributed by atoms with Crippen molar-refractivity contribution in [2.24, 2.45) is 0 Å². The summed E-state index contributed by atoms with van der Waals surface area (Å²) in [6.07, 6.45) is -2.44. The highest BCUT2D eigenvalue weighted by molar-refractivity contribution is 6.06. The lowest BCUT2D eigenvalue weighted by molar-refractivity contribution is -0.134. The summed E-state index contributed by atoms with van der Waals surface area (Å²) in [5.41, 5.74) is 3.14. The molecule has 0 N–H and O–H groups in total. The van der Waals surface area contributed by atoms with Gasteiger partial charge in [0.05, 0.1) is 0 Å². The average Bonchev–Trinajstić information content (AvgIpc) is 2.72. The van der Waals surface area contributed by atoms with Crippen molar-refractivity contribution in [3.05, 3.63) is 83.5 Å². The lowest BCUT2D eigenvalue weighted by Gasteiger charge is -2.16. The summed E-state index contributed by atoms with van der Waals surface area (Å²) in [5, 5.41) is 4.05. The summed E-state index contributed by atoms with van der Waals surface area (Å²) in [6.45, 7) is 1.98. The Morgan fingerprint density at radius 1 is 0.606 bits per heavy atom. The van der Waals surface area contributed by atoms with Crippen molar-refractivity contribution in [3.63, 3.8) is 0 Å². The van der Waals surface area contributed by atoms with E-state index in [9.17, 15) is 26.3 Å². The van der Waals surface area contributed by atoms with Crippen LogP contribution in [0.5, 0.6) is 0 Å². The Balaban J connectivity index is 1.97. The fourth-order valence-corrected chi connectivity index (χ4v) is 4.04. The first-order valence-electron chi connectivity index (χ1n) is 10.9. The maximum absolute atomic E-state index is 12.4. The van der Waals surface area contributed by atoms with Crippen LogP contribution in [0.25, 0.3) is 21.5 Å². The summed E-state index contributed by atoms with van der Waals surface area (Å²) >= 11 is 0. The molecule has 0 spiro atoms. The third kappa shape index (κ3) is 7.11. The van der Waals surface area contributed by atoms with Crippen molar-refractivity contribution in [1.29, 1.82) is 0 Å². The fraction of sp³-hybridized carbons (Fsp3) is 0.333. The fourth-order valence-electron chi connectivity index (χ4n) is 4.04. The zero-order valence-electron chi connectivity index (χ0n) is 18.4. The highest BCUT2D eigenvalue weighted by Gasteiger charge is 2.26. The Kier molecular flexibility index (Phi) is 7.88. The highest BCUT2D eigenvalue weighted by atomic mass is 19.4. The summed E-state index contributed by atoms with van der Waals surface area (Å²) in [7, 11) is 0. The smallest absolute Gasteiger partial charge is 0.171 e. The van der Waals surface area contributed by atoms with Gasteiger partial charge in [0, 0.05) is 12.8 Å². The number of aryl methyl sites for hydroxylation is 1. The molecule has 3 aromatic carbocycles. The molecular formula is C27H26F6. The molecule has 176 valence electrons. The van der Waals surface area contributed by atoms with Crippen LogP contribution in [0.3, 0.4) is 0 Å². The van der Waals surface area contributed by atoms with E-state index in [0.717, 1.165) is 38.2 Å². The largest absolute Gasteiger partial charge is 0.389 e. The predicted molar refractivity (Wildman–Crippen MR) is 122 cm³/mol. The van der Waals surface area contributed by atoms with E-state index in [-0.39, 0.29) is 12.8 Å². The zero-order chi connectivity index (χ0) is 24.1. The molecule has 0 aliphatic rings. The van der Waals surface area contributed by atoms with Gasteiger partial charge in [-0.2, -0.15) is 26.3 Å². The molecule has 3 rings (SSSR count). The van der Waals surface area contributed by atoms with E-state index in [1.54, 1.807) is 24.3 Å². The second kappa shape index (κ2) is 10.4. The molecule has 6 heteroatoms. The van der Waals surface area contributed by atoms with Crippen molar-refractivity contribution in [3.8, 4) is 0 Å². The maximum Gasteiger partial charge on any atom is 0.389 e. The van der Waals surface area contributed by atoms with Crippen molar-refractivity contribution in [1.82, 2.24) is 0 Å². The standard InChI is InChI=1S/C27H26F6/c1-19-14-15-24-22(10-4-2-8-16-26(28,29)30)20-12-6-7-13-21(20)23(25(24)18-19)11-5-3-9-17-27(31,32)33/h2-7,12-15,18H,8-11,16-17H2,1H3/b4-2-,5-3-. The molecule has 0 atom stereocenters. The van der Waals surface area contributed by atoms with Gasteiger partial charge in [0.25, 0.3) is 0 Å². The van der Waals surface area contributed by atoms with Crippen LogP contribution in [0.2, 0.25) is 0 Å². The summed E-state index contributed by atoms with van der Waals surface area (Å²) < 4.78 is 74.5. The quantitative estimate of drug-likeness (QED) is 0.177. The first kappa shape index (κ1) is 24.9. The summed E-state index contributed by atoms with van der Waals surface area (Å²) in [6, 6.07) is 13.9. The minimum absolute atomic E-state index is 0.0563. The Bertz CT molecular complexity index is 1150. The number of fused-ring (bicyclic) bond motifs is 2. The number of halogens is 6. The van der Waals surface area contributed by atoms with Crippen LogP contribution in [0.4, 0.5) is 26.3 Å². The van der Waals surface area contributed by atoms with Gasteiger partial charge < -0.3 is 0 Å². The van der Waals surface area contributed by atoms with Crippen LogP contribution in [0.1, 0.15) is 42.4 Å². The van der Waals surface area contributed by atoms with Crippen LogP contribution in [0, 0.1) is 6.92 Å². The van der Waals surface area contributed by atoms with Crippen molar-refractivity contribution in [2.75, 3.05) is 0 Å². The van der Waals surface area contributed by atoms with Crippen molar-refractivity contribution in [2.45, 2.75) is 57.8 Å². The predicted octanol–water partition coefficient (Wildman–Crippen LogP) is 9.18. The molecule has 0 unspecified atom stereocenters. The van der Waals surface area contributed by atoms with Gasteiger partial charge in [0.2, 0.25) is 0 Å². The Morgan fingerprint density at radius 3 is 1.55 bits per heavy atom. The molecule has 0 saturated heterocycles. The van der Waals surface area contributed by atoms with Crippen LogP contribution in [0.15, 0.2) is 66.8 Å². The maximum atomic E-state index is 12.4. The number of benzene rings is 3. The highest BCUT2D eigenvalue weighted by Crippen LogP contribution is 2.35. The number of alkyl halides is 6. The van der Waals surface area contributed by atoms with Crippen molar-refractivity contribution >= 4 is 21.5 Å². The summed E-state index contributed by atoms with van der Waals surface area (Å²) in [4.78, 5) is 0. The summed E-state index contributed by atoms with van der Waals surface area (Å²) in [5.74, 6) is 0. The number of rotatable bonds is 8. The lowest BCUT2D eigenvalue weighted by atomic mass is 9.88. The van der Waals surface area contributed by atoms with E-state index < -0.39 is 25.2 Å². The molecule has 0 amide bonds. The van der Waals surface area contributed by atoms with Crippen molar-refractivity contribution < 1.29 is 26.3 Å². The minimum Gasteiger partial charge on any atom is -0.171 e. The molecule has 0 bridgehead atoms. The Morgan fingerprint density at radius 2 is 1.06 bits per heavy atom. The second-order valence-electron chi connectivity index (χ2n) is 8.21. The Hall–Kier alpha value is -2.76. The average molecular weight is 464 g/mol. The first-order valence-corrected chi connectivity index (χ1v) is 10.9. The third-order valence-corrected chi connectivity index (χ3v) is 5.57. The van der Waals surface area contributed by atoms with Crippen LogP contribution in [-0.4, -0.2) is 12.4 Å². The van der Waals surface area contributed by atoms with Gasteiger partial charge in [-0.05, 0) is 65.3 Å². The van der Waals surface area contributed by atoms with E-state index in [1.807, 2.05) is 43.3 Å². The topological polar surface area (TPSA) is 0 Å². The minimum atomic E-state index is -4.17. The Labute approximate surface area is 189 Å². The molecule has 3 aromatic rings. The third-order valence-electron chi connectivity index (χ3n) is 5.57. The van der Waals surface area contributed by atoms with E-state index >= 15 is 0 Å².